The number of aryl methyl sites for hydroxylation is 1. The monoisotopic (exact) mass is 365 g/mol. The first-order valence-electron chi connectivity index (χ1n) is 7.85. The zero-order chi connectivity index (χ0) is 18.8. The van der Waals surface area contributed by atoms with Crippen molar-refractivity contribution in [3.8, 4) is 17.0 Å². The number of carbonyl (C=O) groups excluding carboxylic acids is 1. The zero-order valence-corrected chi connectivity index (χ0v) is 15.8. The Labute approximate surface area is 148 Å². The molecule has 0 aliphatic rings. The van der Waals surface area contributed by atoms with Gasteiger partial charge in [-0.3, -0.25) is 9.48 Å². The zero-order valence-electron chi connectivity index (χ0n) is 15.0. The molecule has 0 aliphatic carbocycles. The number of rotatable bonds is 6. The van der Waals surface area contributed by atoms with E-state index in [-0.39, 0.29) is 5.56 Å². The van der Waals surface area contributed by atoms with Gasteiger partial charge >= 0.3 is 0 Å². The number of nitrogens with one attached hydrogen (secondary N) is 1. The van der Waals surface area contributed by atoms with E-state index in [1.807, 2.05) is 37.6 Å². The molecule has 136 valence electrons. The summed E-state index contributed by atoms with van der Waals surface area (Å²) >= 11 is 0. The molecule has 2 rings (SSSR count). The first kappa shape index (κ1) is 19.0. The van der Waals surface area contributed by atoms with Gasteiger partial charge in [-0.1, -0.05) is 25.5 Å². The molecule has 1 aromatic carbocycles. The highest BCUT2D eigenvalue weighted by Crippen LogP contribution is 2.32. The number of sulfonamides is 1. The van der Waals surface area contributed by atoms with Crippen LogP contribution in [0.25, 0.3) is 11.3 Å². The number of hydrogen-bond donors (Lipinski definition) is 1. The van der Waals surface area contributed by atoms with E-state index in [0.717, 1.165) is 11.8 Å². The third kappa shape index (κ3) is 4.82. The number of hydrogen-bond acceptors (Lipinski definition) is 5. The molecule has 0 spiro atoms. The average Bonchev–Trinajstić information content (AvgIpc) is 2.88. The predicted octanol–water partition coefficient (Wildman–Crippen LogP) is 2.21. The number of aromatic nitrogens is 2. The number of benzene rings is 1. The molecule has 2 aromatic rings. The first-order valence-corrected chi connectivity index (χ1v) is 9.74. The lowest BCUT2D eigenvalue weighted by molar-refractivity contribution is 0.0982. The summed E-state index contributed by atoms with van der Waals surface area (Å²) in [7, 11) is -2.14. The molecular formula is C17H23N3O4S. The lowest BCUT2D eigenvalue weighted by Gasteiger charge is -2.09. The van der Waals surface area contributed by atoms with Crippen LogP contribution in [0.3, 0.4) is 0 Å². The lowest BCUT2D eigenvalue weighted by Crippen LogP contribution is -2.29. The van der Waals surface area contributed by atoms with E-state index in [1.165, 1.54) is 7.11 Å². The summed E-state index contributed by atoms with van der Waals surface area (Å²) in [6.07, 6.45) is 2.51. The normalized spacial score (nSPS) is 11.6. The molecule has 0 saturated heterocycles. The molecule has 0 saturated carbocycles. The van der Waals surface area contributed by atoms with Crippen molar-refractivity contribution in [1.29, 1.82) is 0 Å². The molecule has 0 unspecified atom stereocenters. The van der Waals surface area contributed by atoms with E-state index >= 15 is 0 Å². The second-order valence-corrected chi connectivity index (χ2v) is 8.16. The van der Waals surface area contributed by atoms with Crippen LogP contribution in [-0.2, 0) is 16.6 Å². The van der Waals surface area contributed by atoms with E-state index in [0.29, 0.717) is 29.5 Å². The molecule has 0 fully saturated rings. The van der Waals surface area contributed by atoms with Crippen molar-refractivity contribution >= 4 is 15.9 Å². The van der Waals surface area contributed by atoms with Gasteiger partial charge in [-0.05, 0) is 25.0 Å². The molecule has 7 nitrogen and oxygen atoms in total. The maximum atomic E-state index is 12.5. The molecule has 0 atom stereocenters. The Bertz CT molecular complexity index is 885. The van der Waals surface area contributed by atoms with Crippen LogP contribution in [-0.4, -0.2) is 37.5 Å². The Morgan fingerprint density at radius 2 is 2.04 bits per heavy atom. The van der Waals surface area contributed by atoms with Crippen LogP contribution in [0.15, 0.2) is 24.4 Å². The van der Waals surface area contributed by atoms with Gasteiger partial charge in [0.05, 0.1) is 18.9 Å². The number of ether oxygens (including phenoxy) is 1. The Kier molecular flexibility index (Phi) is 5.52. The minimum atomic E-state index is -3.68. The van der Waals surface area contributed by atoms with Gasteiger partial charge < -0.3 is 4.74 Å². The van der Waals surface area contributed by atoms with Gasteiger partial charge in [-0.2, -0.15) is 5.10 Å². The van der Waals surface area contributed by atoms with E-state index in [1.54, 1.807) is 16.9 Å². The van der Waals surface area contributed by atoms with Gasteiger partial charge in [-0.25, -0.2) is 13.1 Å². The van der Waals surface area contributed by atoms with Crippen LogP contribution in [0.1, 0.15) is 29.8 Å². The van der Waals surface area contributed by atoms with E-state index in [2.05, 4.69) is 5.10 Å². The van der Waals surface area contributed by atoms with Crippen molar-refractivity contribution in [3.63, 3.8) is 0 Å². The third-order valence-electron chi connectivity index (χ3n) is 3.45. The molecule has 1 amide bonds. The predicted molar refractivity (Wildman–Crippen MR) is 96.1 cm³/mol. The van der Waals surface area contributed by atoms with Gasteiger partial charge in [0.25, 0.3) is 5.91 Å². The van der Waals surface area contributed by atoms with Gasteiger partial charge in [0.1, 0.15) is 11.4 Å². The molecule has 8 heteroatoms. The number of carbonyl (C=O) groups is 1. The minimum absolute atomic E-state index is 0.190. The maximum Gasteiger partial charge on any atom is 0.268 e. The van der Waals surface area contributed by atoms with E-state index in [4.69, 9.17) is 4.74 Å². The quantitative estimate of drug-likeness (QED) is 0.848. The standard InChI is InChI=1S/C17H23N3O4S/c1-11(2)9-20-10-14(17(21)19-25(5,22)23)16(18-20)13-8-12(3)6-7-15(13)24-4/h6-8,10-11H,9H2,1-5H3,(H,19,21). The summed E-state index contributed by atoms with van der Waals surface area (Å²) < 4.78 is 31.9. The second-order valence-electron chi connectivity index (χ2n) is 6.41. The molecule has 0 aliphatic heterocycles. The molecule has 1 aromatic heterocycles. The Morgan fingerprint density at radius 3 is 2.60 bits per heavy atom. The summed E-state index contributed by atoms with van der Waals surface area (Å²) in [5, 5.41) is 4.50. The smallest absolute Gasteiger partial charge is 0.268 e. The Balaban J connectivity index is 2.61. The summed E-state index contributed by atoms with van der Waals surface area (Å²) in [6.45, 7) is 6.59. The van der Waals surface area contributed by atoms with Crippen LogP contribution in [0.4, 0.5) is 0 Å². The summed E-state index contributed by atoms with van der Waals surface area (Å²) in [5.74, 6) is 0.169. The minimum Gasteiger partial charge on any atom is -0.496 e. The summed E-state index contributed by atoms with van der Waals surface area (Å²) in [5.41, 5.74) is 2.20. The van der Waals surface area contributed by atoms with Crippen LogP contribution in [0.2, 0.25) is 0 Å². The van der Waals surface area contributed by atoms with Crippen molar-refractivity contribution in [3.05, 3.63) is 35.5 Å². The van der Waals surface area contributed by atoms with Gasteiger partial charge in [-0.15, -0.1) is 0 Å². The van der Waals surface area contributed by atoms with Gasteiger partial charge in [0.2, 0.25) is 10.0 Å². The van der Waals surface area contributed by atoms with Crippen molar-refractivity contribution in [1.82, 2.24) is 14.5 Å². The Hall–Kier alpha value is -2.35. The van der Waals surface area contributed by atoms with Gasteiger partial charge in [0, 0.05) is 18.3 Å². The first-order chi connectivity index (χ1) is 11.6. The number of methoxy groups -OCH3 is 1. The fraction of sp³-hybridized carbons (Fsp3) is 0.412. The highest BCUT2D eigenvalue weighted by Gasteiger charge is 2.23. The molecule has 1 N–H and O–H groups in total. The molecular weight excluding hydrogens is 342 g/mol. The molecule has 25 heavy (non-hydrogen) atoms. The fourth-order valence-electron chi connectivity index (χ4n) is 2.48. The average molecular weight is 365 g/mol. The highest BCUT2D eigenvalue weighted by atomic mass is 32.2. The number of amides is 1. The largest absolute Gasteiger partial charge is 0.496 e. The van der Waals surface area contributed by atoms with Crippen LogP contribution < -0.4 is 9.46 Å². The topological polar surface area (TPSA) is 90.3 Å². The second kappa shape index (κ2) is 7.26. The maximum absolute atomic E-state index is 12.5. The van der Waals surface area contributed by atoms with E-state index < -0.39 is 15.9 Å². The number of nitrogens with zero attached hydrogens (tertiary/aromatic N) is 2. The molecule has 0 radical (unpaired) electrons. The van der Waals surface area contributed by atoms with Crippen molar-refractivity contribution in [2.75, 3.05) is 13.4 Å². The molecule has 1 heterocycles. The molecule has 0 bridgehead atoms. The van der Waals surface area contributed by atoms with Crippen molar-refractivity contribution in [2.24, 2.45) is 5.92 Å². The lowest BCUT2D eigenvalue weighted by atomic mass is 10.0. The third-order valence-corrected chi connectivity index (χ3v) is 4.00. The van der Waals surface area contributed by atoms with Crippen molar-refractivity contribution in [2.45, 2.75) is 27.3 Å². The Morgan fingerprint density at radius 1 is 1.36 bits per heavy atom. The van der Waals surface area contributed by atoms with Gasteiger partial charge in [0.15, 0.2) is 0 Å². The summed E-state index contributed by atoms with van der Waals surface area (Å²) in [6, 6.07) is 5.55. The van der Waals surface area contributed by atoms with Crippen molar-refractivity contribution < 1.29 is 17.9 Å². The SMILES string of the molecule is COc1ccc(C)cc1-c1nn(CC(C)C)cc1C(=O)NS(C)(=O)=O. The summed E-state index contributed by atoms with van der Waals surface area (Å²) in [4.78, 5) is 12.5. The fourth-order valence-corrected chi connectivity index (χ4v) is 2.93. The van der Waals surface area contributed by atoms with Crippen LogP contribution in [0, 0.1) is 12.8 Å². The van der Waals surface area contributed by atoms with Crippen LogP contribution in [0.5, 0.6) is 5.75 Å². The highest BCUT2D eigenvalue weighted by molar-refractivity contribution is 7.89. The van der Waals surface area contributed by atoms with Crippen LogP contribution >= 0.6 is 0 Å². The van der Waals surface area contributed by atoms with E-state index in [9.17, 15) is 13.2 Å².